The molecule has 0 radical (unpaired) electrons. The fourth-order valence-corrected chi connectivity index (χ4v) is 0.723. The van der Waals surface area contributed by atoms with Gasteiger partial charge in [-0.1, -0.05) is 0 Å². The first-order chi connectivity index (χ1) is 5.68. The van der Waals surface area contributed by atoms with E-state index in [1.165, 1.54) is 7.05 Å². The molecule has 0 aromatic rings. The van der Waals surface area contributed by atoms with Gasteiger partial charge in [-0.15, -0.1) is 0 Å². The van der Waals surface area contributed by atoms with Crippen LogP contribution in [0.15, 0.2) is 0 Å². The van der Waals surface area contributed by atoms with Crippen molar-refractivity contribution in [1.29, 1.82) is 0 Å². The van der Waals surface area contributed by atoms with Crippen molar-refractivity contribution in [2.24, 2.45) is 0 Å². The van der Waals surface area contributed by atoms with Crippen molar-refractivity contribution in [3.63, 3.8) is 0 Å². The molecule has 0 aliphatic carbocycles. The van der Waals surface area contributed by atoms with E-state index in [0.717, 1.165) is 19.3 Å². The molecule has 0 heterocycles. The maximum Gasteiger partial charge on any atom is 0.340 e. The van der Waals surface area contributed by atoms with E-state index in [0.29, 0.717) is 11.6 Å². The molecule has 0 aliphatic heterocycles. The predicted octanol–water partition coefficient (Wildman–Crippen LogP) is 0.180. The lowest BCUT2D eigenvalue weighted by Gasteiger charge is -2.09. The van der Waals surface area contributed by atoms with Gasteiger partial charge in [0.1, 0.15) is 0 Å². The zero-order chi connectivity index (χ0) is 9.40. The van der Waals surface area contributed by atoms with Crippen LogP contribution in [-0.2, 0) is 0 Å². The maximum atomic E-state index is 10.7. The summed E-state index contributed by atoms with van der Waals surface area (Å²) >= 11 is 0. The molecule has 0 atom stereocenters. The molecule has 72 valence electrons. The van der Waals surface area contributed by atoms with Crippen molar-refractivity contribution in [2.75, 3.05) is 20.2 Å². The molecule has 5 heteroatoms. The fraction of sp³-hybridized carbons (Fsp3) is 0.857. The fourth-order valence-electron chi connectivity index (χ4n) is 0.723. The number of aliphatic hydroxyl groups excluding tert-OH is 1. The molecular formula is C7H16N2O3. The molecule has 0 saturated heterocycles. The van der Waals surface area contributed by atoms with E-state index in [1.807, 2.05) is 0 Å². The molecule has 0 unspecified atom stereocenters. The highest BCUT2D eigenvalue weighted by atomic mass is 16.5. The summed E-state index contributed by atoms with van der Waals surface area (Å²) in [5.41, 5.74) is 0. The van der Waals surface area contributed by atoms with Crippen LogP contribution < -0.4 is 5.32 Å². The number of carbonyl (C=O) groups excluding carboxylic acids is 1. The molecular weight excluding hydrogens is 160 g/mol. The SMILES string of the molecule is CN(O)C(=O)NCCCCCO. The van der Waals surface area contributed by atoms with E-state index < -0.39 is 6.03 Å². The number of hydrogen-bond acceptors (Lipinski definition) is 3. The van der Waals surface area contributed by atoms with Gasteiger partial charge in [-0.3, -0.25) is 5.21 Å². The largest absolute Gasteiger partial charge is 0.396 e. The third kappa shape index (κ3) is 5.94. The van der Waals surface area contributed by atoms with Crippen LogP contribution in [0.4, 0.5) is 4.79 Å². The monoisotopic (exact) mass is 176 g/mol. The first-order valence-corrected chi connectivity index (χ1v) is 3.99. The van der Waals surface area contributed by atoms with E-state index in [2.05, 4.69) is 5.32 Å². The highest BCUT2D eigenvalue weighted by Gasteiger charge is 2.01. The number of unbranched alkanes of at least 4 members (excludes halogenated alkanes) is 2. The number of carbonyl (C=O) groups is 1. The molecule has 0 rings (SSSR count). The van der Waals surface area contributed by atoms with Gasteiger partial charge in [-0.2, -0.15) is 0 Å². The highest BCUT2D eigenvalue weighted by Crippen LogP contribution is 1.91. The normalized spacial score (nSPS) is 9.58. The van der Waals surface area contributed by atoms with E-state index in [9.17, 15) is 4.79 Å². The summed E-state index contributed by atoms with van der Waals surface area (Å²) in [6.07, 6.45) is 2.46. The van der Waals surface area contributed by atoms with E-state index in [1.54, 1.807) is 0 Å². The van der Waals surface area contributed by atoms with Crippen molar-refractivity contribution in [3.05, 3.63) is 0 Å². The third-order valence-corrected chi connectivity index (χ3v) is 1.41. The number of hydroxylamine groups is 2. The lowest BCUT2D eigenvalue weighted by atomic mass is 10.2. The van der Waals surface area contributed by atoms with Crippen molar-refractivity contribution < 1.29 is 15.1 Å². The van der Waals surface area contributed by atoms with E-state index in [-0.39, 0.29) is 6.61 Å². The quantitative estimate of drug-likeness (QED) is 0.318. The van der Waals surface area contributed by atoms with Gasteiger partial charge in [0.25, 0.3) is 0 Å². The minimum atomic E-state index is -0.501. The number of aliphatic hydroxyl groups is 1. The van der Waals surface area contributed by atoms with Gasteiger partial charge in [0, 0.05) is 20.2 Å². The Hall–Kier alpha value is -0.810. The van der Waals surface area contributed by atoms with Crippen LogP contribution in [0.3, 0.4) is 0 Å². The lowest BCUT2D eigenvalue weighted by molar-refractivity contribution is -0.0182. The van der Waals surface area contributed by atoms with Crippen molar-refractivity contribution >= 4 is 6.03 Å². The molecule has 0 saturated carbocycles. The van der Waals surface area contributed by atoms with Crippen LogP contribution in [0.2, 0.25) is 0 Å². The zero-order valence-electron chi connectivity index (χ0n) is 7.29. The Balaban J connectivity index is 3.14. The number of nitrogens with one attached hydrogen (secondary N) is 1. The molecule has 0 aromatic heterocycles. The van der Waals surface area contributed by atoms with Crippen molar-refractivity contribution in [3.8, 4) is 0 Å². The lowest BCUT2D eigenvalue weighted by Crippen LogP contribution is -2.35. The summed E-state index contributed by atoms with van der Waals surface area (Å²) in [5.74, 6) is 0. The summed E-state index contributed by atoms with van der Waals surface area (Å²) in [6, 6.07) is -0.501. The van der Waals surface area contributed by atoms with Crippen molar-refractivity contribution in [1.82, 2.24) is 10.4 Å². The molecule has 3 N–H and O–H groups in total. The van der Waals surface area contributed by atoms with Crippen LogP contribution in [0.5, 0.6) is 0 Å². The number of urea groups is 1. The molecule has 5 nitrogen and oxygen atoms in total. The molecule has 0 bridgehead atoms. The minimum absolute atomic E-state index is 0.188. The number of hydrogen-bond donors (Lipinski definition) is 3. The summed E-state index contributed by atoms with van der Waals surface area (Å²) in [4.78, 5) is 10.7. The zero-order valence-corrected chi connectivity index (χ0v) is 7.29. The van der Waals surface area contributed by atoms with Crippen LogP contribution >= 0.6 is 0 Å². The molecule has 0 fully saturated rings. The van der Waals surface area contributed by atoms with Crippen molar-refractivity contribution in [2.45, 2.75) is 19.3 Å². The standard InChI is InChI=1S/C7H16N2O3/c1-9(12)7(11)8-5-3-2-4-6-10/h10,12H,2-6H2,1H3,(H,8,11). The van der Waals surface area contributed by atoms with E-state index >= 15 is 0 Å². The molecule has 12 heavy (non-hydrogen) atoms. The average molecular weight is 176 g/mol. The Kier molecular flexibility index (Phi) is 6.41. The molecule has 0 aromatic carbocycles. The minimum Gasteiger partial charge on any atom is -0.396 e. The third-order valence-electron chi connectivity index (χ3n) is 1.41. The van der Waals surface area contributed by atoms with Gasteiger partial charge >= 0.3 is 6.03 Å². The molecule has 0 spiro atoms. The van der Waals surface area contributed by atoms with Gasteiger partial charge < -0.3 is 10.4 Å². The maximum absolute atomic E-state index is 10.7. The van der Waals surface area contributed by atoms with Crippen LogP contribution in [-0.4, -0.2) is 41.6 Å². The second-order valence-corrected chi connectivity index (χ2v) is 2.54. The topological polar surface area (TPSA) is 72.8 Å². The number of amides is 2. The van der Waals surface area contributed by atoms with Gasteiger partial charge in [0.05, 0.1) is 0 Å². The van der Waals surface area contributed by atoms with Gasteiger partial charge in [-0.05, 0) is 19.3 Å². The Morgan fingerprint density at radius 3 is 2.58 bits per heavy atom. The second kappa shape index (κ2) is 6.87. The van der Waals surface area contributed by atoms with Crippen LogP contribution in [0.1, 0.15) is 19.3 Å². The predicted molar refractivity (Wildman–Crippen MR) is 43.9 cm³/mol. The van der Waals surface area contributed by atoms with Crippen LogP contribution in [0.25, 0.3) is 0 Å². The summed E-state index contributed by atoms with van der Waals surface area (Å²) in [5, 5.41) is 20.0. The highest BCUT2D eigenvalue weighted by molar-refractivity contribution is 5.72. The summed E-state index contributed by atoms with van der Waals surface area (Å²) in [6.45, 7) is 0.720. The van der Waals surface area contributed by atoms with E-state index in [4.69, 9.17) is 10.3 Å². The number of rotatable bonds is 5. The molecule has 2 amide bonds. The van der Waals surface area contributed by atoms with Crippen LogP contribution in [0, 0.1) is 0 Å². The Labute approximate surface area is 71.9 Å². The Morgan fingerprint density at radius 1 is 1.42 bits per heavy atom. The Bertz CT molecular complexity index is 128. The van der Waals surface area contributed by atoms with Gasteiger partial charge in [0.2, 0.25) is 0 Å². The summed E-state index contributed by atoms with van der Waals surface area (Å²) in [7, 11) is 1.27. The smallest absolute Gasteiger partial charge is 0.340 e. The first kappa shape index (κ1) is 11.2. The molecule has 0 aliphatic rings. The van der Waals surface area contributed by atoms with Gasteiger partial charge in [-0.25, -0.2) is 9.86 Å². The summed E-state index contributed by atoms with van der Waals surface area (Å²) < 4.78 is 0. The Morgan fingerprint density at radius 2 is 2.08 bits per heavy atom. The first-order valence-electron chi connectivity index (χ1n) is 3.99. The number of nitrogens with zero attached hydrogens (tertiary/aromatic N) is 1. The second-order valence-electron chi connectivity index (χ2n) is 2.54. The van der Waals surface area contributed by atoms with Gasteiger partial charge in [0.15, 0.2) is 0 Å². The average Bonchev–Trinajstić information content (AvgIpc) is 2.03.